The van der Waals surface area contributed by atoms with Crippen LogP contribution in [0.25, 0.3) is 0 Å². The second kappa shape index (κ2) is 8.85. The number of rotatable bonds is 8. The number of likely N-dealkylation sites (N-methyl/N-ethyl adjacent to an activating group) is 1. The summed E-state index contributed by atoms with van der Waals surface area (Å²) in [6.45, 7) is 5.56. The number of carbonyl (C=O) groups excluding carboxylic acids is 2. The number of hydrogen-bond donors (Lipinski definition) is 1. The number of nitrogens with zero attached hydrogens (tertiary/aromatic N) is 1. The molecule has 0 bridgehead atoms. The van der Waals surface area contributed by atoms with Crippen LogP contribution in [0.4, 0.5) is 0 Å². The van der Waals surface area contributed by atoms with Crippen LogP contribution in [-0.2, 0) is 20.4 Å². The van der Waals surface area contributed by atoms with E-state index >= 15 is 0 Å². The zero-order valence-electron chi connectivity index (χ0n) is 15.6. The van der Waals surface area contributed by atoms with Crippen molar-refractivity contribution in [3.8, 4) is 0 Å². The van der Waals surface area contributed by atoms with Gasteiger partial charge in [0.1, 0.15) is 0 Å². The normalized spacial score (nSPS) is 11.4. The van der Waals surface area contributed by atoms with Crippen LogP contribution < -0.4 is 5.32 Å². The summed E-state index contributed by atoms with van der Waals surface area (Å²) in [6.07, 6.45) is 1.28. The first-order valence-corrected chi connectivity index (χ1v) is 10.3. The highest BCUT2D eigenvalue weighted by atomic mass is 32.2. The van der Waals surface area contributed by atoms with Gasteiger partial charge in [-0.05, 0) is 39.0 Å². The highest BCUT2D eigenvalue weighted by Gasteiger charge is 2.26. The van der Waals surface area contributed by atoms with Crippen LogP contribution in [-0.4, -0.2) is 44.3 Å². The zero-order chi connectivity index (χ0) is 20.0. The van der Waals surface area contributed by atoms with E-state index < -0.39 is 15.7 Å². The maximum absolute atomic E-state index is 12.8. The molecule has 0 aliphatic rings. The molecule has 0 spiro atoms. The maximum Gasteiger partial charge on any atom is 0.290 e. The number of sulfone groups is 1. The minimum Gasteiger partial charge on any atom is -0.459 e. The van der Waals surface area contributed by atoms with Gasteiger partial charge in [-0.25, -0.2) is 8.42 Å². The number of nitrogens with one attached hydrogen (secondary N) is 1. The Morgan fingerprint density at radius 2 is 1.81 bits per heavy atom. The first kappa shape index (κ1) is 20.7. The van der Waals surface area contributed by atoms with Crippen molar-refractivity contribution in [2.24, 2.45) is 0 Å². The zero-order valence-corrected chi connectivity index (χ0v) is 16.5. The Bertz CT molecular complexity index is 888. The number of hydrogen-bond acceptors (Lipinski definition) is 5. The molecular formula is C19H24N2O5S. The maximum atomic E-state index is 12.8. The predicted octanol–water partition coefficient (Wildman–Crippen LogP) is 2.24. The summed E-state index contributed by atoms with van der Waals surface area (Å²) in [5.41, 5.74) is 0.270. The van der Waals surface area contributed by atoms with E-state index in [9.17, 15) is 18.0 Å². The van der Waals surface area contributed by atoms with E-state index in [1.807, 2.05) is 13.8 Å². The van der Waals surface area contributed by atoms with E-state index in [-0.39, 0.29) is 47.0 Å². The molecule has 1 aromatic carbocycles. The van der Waals surface area contributed by atoms with Crippen molar-refractivity contribution >= 4 is 21.7 Å². The number of amides is 2. The van der Waals surface area contributed by atoms with Gasteiger partial charge < -0.3 is 14.6 Å². The van der Waals surface area contributed by atoms with Gasteiger partial charge in [-0.1, -0.05) is 18.2 Å². The number of furan rings is 1. The minimum atomic E-state index is -3.62. The minimum absolute atomic E-state index is 0.0403. The van der Waals surface area contributed by atoms with Gasteiger partial charge in [-0.3, -0.25) is 9.59 Å². The molecule has 0 saturated carbocycles. The molecular weight excluding hydrogens is 368 g/mol. The summed E-state index contributed by atoms with van der Waals surface area (Å²) in [5.74, 6) is -1.22. The third kappa shape index (κ3) is 5.43. The summed E-state index contributed by atoms with van der Waals surface area (Å²) in [4.78, 5) is 26.2. The standard InChI is InChI=1S/C19H24N2O5S/c1-4-21(12-17(22)20-14(2)3)19(23)18-15(10-11-26-18)13-27(24,25)16-8-6-5-7-9-16/h5-11,14H,4,12-13H2,1-3H3,(H,20,22). The van der Waals surface area contributed by atoms with Gasteiger partial charge in [-0.15, -0.1) is 0 Å². The van der Waals surface area contributed by atoms with Crippen molar-refractivity contribution in [1.29, 1.82) is 0 Å². The lowest BCUT2D eigenvalue weighted by atomic mass is 10.2. The fourth-order valence-corrected chi connectivity index (χ4v) is 3.94. The second-order valence-corrected chi connectivity index (χ2v) is 8.38. The third-order valence-electron chi connectivity index (χ3n) is 3.84. The molecule has 2 rings (SSSR count). The molecule has 0 atom stereocenters. The average molecular weight is 392 g/mol. The Balaban J connectivity index is 2.19. The number of carbonyl (C=O) groups is 2. The van der Waals surface area contributed by atoms with Crippen LogP contribution in [0, 0.1) is 0 Å². The highest BCUT2D eigenvalue weighted by Crippen LogP contribution is 2.21. The third-order valence-corrected chi connectivity index (χ3v) is 5.52. The fraction of sp³-hybridized carbons (Fsp3) is 0.368. The van der Waals surface area contributed by atoms with Gasteiger partial charge in [0.2, 0.25) is 5.91 Å². The molecule has 2 amide bonds. The van der Waals surface area contributed by atoms with Crippen molar-refractivity contribution in [1.82, 2.24) is 10.2 Å². The van der Waals surface area contributed by atoms with Crippen molar-refractivity contribution in [3.05, 3.63) is 54.0 Å². The Labute approximate surface area is 159 Å². The van der Waals surface area contributed by atoms with Gasteiger partial charge >= 0.3 is 0 Å². The first-order valence-electron chi connectivity index (χ1n) is 8.67. The summed E-state index contributed by atoms with van der Waals surface area (Å²) in [5, 5.41) is 2.72. The molecule has 0 aliphatic carbocycles. The van der Waals surface area contributed by atoms with Crippen LogP contribution in [0.15, 0.2) is 52.0 Å². The molecule has 1 N–H and O–H groups in total. The average Bonchev–Trinajstić information content (AvgIpc) is 3.06. The Morgan fingerprint density at radius 3 is 2.41 bits per heavy atom. The molecule has 0 radical (unpaired) electrons. The van der Waals surface area contributed by atoms with Crippen molar-refractivity contribution in [3.63, 3.8) is 0 Å². The van der Waals surface area contributed by atoms with E-state index in [1.54, 1.807) is 25.1 Å². The quantitative estimate of drug-likeness (QED) is 0.743. The molecule has 146 valence electrons. The van der Waals surface area contributed by atoms with Crippen molar-refractivity contribution < 1.29 is 22.4 Å². The molecule has 27 heavy (non-hydrogen) atoms. The molecule has 1 aromatic heterocycles. The van der Waals surface area contributed by atoms with Crippen LogP contribution >= 0.6 is 0 Å². The largest absolute Gasteiger partial charge is 0.459 e. The lowest BCUT2D eigenvalue weighted by molar-refractivity contribution is -0.122. The van der Waals surface area contributed by atoms with E-state index in [0.717, 1.165) is 0 Å². The van der Waals surface area contributed by atoms with Crippen LogP contribution in [0.3, 0.4) is 0 Å². The molecule has 0 saturated heterocycles. The molecule has 7 nitrogen and oxygen atoms in total. The van der Waals surface area contributed by atoms with Gasteiger partial charge in [0.05, 0.1) is 23.5 Å². The topological polar surface area (TPSA) is 96.7 Å². The molecule has 0 aliphatic heterocycles. The molecule has 1 heterocycles. The van der Waals surface area contributed by atoms with Gasteiger partial charge in [0.15, 0.2) is 15.6 Å². The SMILES string of the molecule is CCN(CC(=O)NC(C)C)C(=O)c1occc1CS(=O)(=O)c1ccccc1. The molecule has 0 unspecified atom stereocenters. The summed E-state index contributed by atoms with van der Waals surface area (Å²) >= 11 is 0. The van der Waals surface area contributed by atoms with E-state index in [0.29, 0.717) is 0 Å². The Hall–Kier alpha value is -2.61. The lowest BCUT2D eigenvalue weighted by Gasteiger charge is -2.20. The lowest BCUT2D eigenvalue weighted by Crippen LogP contribution is -2.42. The van der Waals surface area contributed by atoms with Crippen LogP contribution in [0.5, 0.6) is 0 Å². The van der Waals surface area contributed by atoms with Crippen LogP contribution in [0.2, 0.25) is 0 Å². The monoisotopic (exact) mass is 392 g/mol. The van der Waals surface area contributed by atoms with Gasteiger partial charge in [0, 0.05) is 18.2 Å². The van der Waals surface area contributed by atoms with E-state index in [1.165, 1.54) is 29.4 Å². The predicted molar refractivity (Wildman–Crippen MR) is 101 cm³/mol. The molecule has 2 aromatic rings. The van der Waals surface area contributed by atoms with E-state index in [2.05, 4.69) is 5.32 Å². The second-order valence-electron chi connectivity index (χ2n) is 6.39. The Kier molecular flexibility index (Phi) is 6.79. The van der Waals surface area contributed by atoms with E-state index in [4.69, 9.17) is 4.42 Å². The summed E-state index contributed by atoms with van der Waals surface area (Å²) < 4.78 is 30.4. The van der Waals surface area contributed by atoms with Gasteiger partial charge in [-0.2, -0.15) is 0 Å². The van der Waals surface area contributed by atoms with Crippen molar-refractivity contribution in [2.45, 2.75) is 37.5 Å². The van der Waals surface area contributed by atoms with Crippen molar-refractivity contribution in [2.75, 3.05) is 13.1 Å². The smallest absolute Gasteiger partial charge is 0.290 e. The molecule has 0 fully saturated rings. The number of benzene rings is 1. The highest BCUT2D eigenvalue weighted by molar-refractivity contribution is 7.90. The Morgan fingerprint density at radius 1 is 1.15 bits per heavy atom. The summed E-state index contributed by atoms with van der Waals surface area (Å²) in [7, 11) is -3.62. The summed E-state index contributed by atoms with van der Waals surface area (Å²) in [6, 6.07) is 9.45. The van der Waals surface area contributed by atoms with Crippen LogP contribution in [0.1, 0.15) is 36.9 Å². The molecule has 8 heteroatoms. The fourth-order valence-electron chi connectivity index (χ4n) is 2.56. The first-order chi connectivity index (χ1) is 12.7. The van der Waals surface area contributed by atoms with Gasteiger partial charge in [0.25, 0.3) is 5.91 Å².